The fraction of sp³-hybridized carbons (Fsp3) is 0.588. The molecule has 24 heavy (non-hydrogen) atoms. The summed E-state index contributed by atoms with van der Waals surface area (Å²) in [5.41, 5.74) is 0.842. The average Bonchev–Trinajstić information content (AvgIpc) is 3.34. The van der Waals surface area contributed by atoms with E-state index in [9.17, 15) is 13.2 Å². The fourth-order valence-electron chi connectivity index (χ4n) is 2.24. The molecule has 2 N–H and O–H groups in total. The van der Waals surface area contributed by atoms with E-state index in [-0.39, 0.29) is 11.7 Å². The summed E-state index contributed by atoms with van der Waals surface area (Å²) >= 11 is 0. The second-order valence-corrected chi connectivity index (χ2v) is 7.97. The largest absolute Gasteiger partial charge is 0.381 e. The lowest BCUT2D eigenvalue weighted by Crippen LogP contribution is -2.25. The number of ether oxygens (including phenoxy) is 1. The molecule has 0 aromatic heterocycles. The molecule has 0 aliphatic heterocycles. The van der Waals surface area contributed by atoms with E-state index < -0.39 is 10.0 Å². The third-order valence-corrected chi connectivity index (χ3v) is 5.16. The number of hydrogen-bond donors (Lipinski definition) is 2. The topological polar surface area (TPSA) is 84.5 Å². The van der Waals surface area contributed by atoms with Crippen LogP contribution >= 0.6 is 0 Å². The number of benzene rings is 1. The third kappa shape index (κ3) is 6.88. The summed E-state index contributed by atoms with van der Waals surface area (Å²) in [6.45, 7) is 3.81. The number of sulfonamides is 1. The van der Waals surface area contributed by atoms with Gasteiger partial charge in [0.15, 0.2) is 0 Å². The van der Waals surface area contributed by atoms with Crippen LogP contribution in [0.4, 0.5) is 5.69 Å². The molecule has 6 nitrogen and oxygen atoms in total. The van der Waals surface area contributed by atoms with Crippen LogP contribution in [-0.4, -0.2) is 39.8 Å². The van der Waals surface area contributed by atoms with Gasteiger partial charge in [-0.2, -0.15) is 0 Å². The molecule has 1 aromatic carbocycles. The van der Waals surface area contributed by atoms with Gasteiger partial charge in [0.2, 0.25) is 10.0 Å². The first-order chi connectivity index (χ1) is 11.5. The quantitative estimate of drug-likeness (QED) is 0.598. The van der Waals surface area contributed by atoms with Crippen LogP contribution in [0.2, 0.25) is 0 Å². The van der Waals surface area contributed by atoms with Crippen LogP contribution in [0, 0.1) is 5.92 Å². The molecule has 7 heteroatoms. The molecule has 1 amide bonds. The SMILES string of the molecule is CCCS(=O)(=O)Nc1cccc(C(=O)NCCCOCC2CC2)c1. The highest BCUT2D eigenvalue weighted by Crippen LogP contribution is 2.28. The van der Waals surface area contributed by atoms with E-state index in [1.54, 1.807) is 31.2 Å². The van der Waals surface area contributed by atoms with Gasteiger partial charge < -0.3 is 10.1 Å². The predicted octanol–water partition coefficient (Wildman–Crippen LogP) is 2.38. The maximum absolute atomic E-state index is 12.1. The van der Waals surface area contributed by atoms with Gasteiger partial charge in [-0.25, -0.2) is 8.42 Å². The molecule has 0 bridgehead atoms. The molecule has 0 unspecified atom stereocenters. The zero-order valence-electron chi connectivity index (χ0n) is 14.1. The highest BCUT2D eigenvalue weighted by atomic mass is 32.2. The lowest BCUT2D eigenvalue weighted by molar-refractivity contribution is 0.0937. The molecule has 1 fully saturated rings. The van der Waals surface area contributed by atoms with E-state index in [0.29, 0.717) is 30.8 Å². The van der Waals surface area contributed by atoms with Crippen molar-refractivity contribution in [2.24, 2.45) is 5.92 Å². The van der Waals surface area contributed by atoms with Crippen molar-refractivity contribution in [3.63, 3.8) is 0 Å². The highest BCUT2D eigenvalue weighted by molar-refractivity contribution is 7.92. The van der Waals surface area contributed by atoms with Crippen molar-refractivity contribution in [3.8, 4) is 0 Å². The van der Waals surface area contributed by atoms with Gasteiger partial charge in [-0.3, -0.25) is 9.52 Å². The molecule has 0 atom stereocenters. The Bertz CT molecular complexity index is 642. The first kappa shape index (κ1) is 18.7. The summed E-state index contributed by atoms with van der Waals surface area (Å²) in [5, 5.41) is 2.82. The zero-order valence-corrected chi connectivity index (χ0v) is 14.9. The van der Waals surface area contributed by atoms with E-state index in [1.807, 2.05) is 0 Å². The smallest absolute Gasteiger partial charge is 0.251 e. The highest BCUT2D eigenvalue weighted by Gasteiger charge is 2.20. The van der Waals surface area contributed by atoms with E-state index in [1.165, 1.54) is 12.8 Å². The molecule has 0 saturated heterocycles. The second-order valence-electron chi connectivity index (χ2n) is 6.13. The molecule has 1 aliphatic rings. The van der Waals surface area contributed by atoms with E-state index in [0.717, 1.165) is 18.9 Å². The van der Waals surface area contributed by atoms with Crippen molar-refractivity contribution in [2.75, 3.05) is 30.2 Å². The van der Waals surface area contributed by atoms with Crippen LogP contribution in [0.3, 0.4) is 0 Å². The summed E-state index contributed by atoms with van der Waals surface area (Å²) in [7, 11) is -3.35. The lowest BCUT2D eigenvalue weighted by Gasteiger charge is -2.09. The molecule has 2 rings (SSSR count). The van der Waals surface area contributed by atoms with Crippen LogP contribution in [0.25, 0.3) is 0 Å². The lowest BCUT2D eigenvalue weighted by atomic mass is 10.2. The minimum Gasteiger partial charge on any atom is -0.381 e. The summed E-state index contributed by atoms with van der Waals surface area (Å²) in [6, 6.07) is 6.51. The monoisotopic (exact) mass is 354 g/mol. The zero-order chi connectivity index (χ0) is 17.4. The Morgan fingerprint density at radius 2 is 2.12 bits per heavy atom. The molecule has 1 aromatic rings. The number of amides is 1. The van der Waals surface area contributed by atoms with E-state index >= 15 is 0 Å². The first-order valence-corrected chi connectivity index (χ1v) is 10.1. The van der Waals surface area contributed by atoms with Gasteiger partial charge in [0.1, 0.15) is 0 Å². The molecule has 0 heterocycles. The van der Waals surface area contributed by atoms with Gasteiger partial charge in [-0.1, -0.05) is 13.0 Å². The van der Waals surface area contributed by atoms with Gasteiger partial charge in [-0.15, -0.1) is 0 Å². The van der Waals surface area contributed by atoms with Gasteiger partial charge in [0.05, 0.1) is 5.75 Å². The number of carbonyl (C=O) groups excluding carboxylic acids is 1. The van der Waals surface area contributed by atoms with Gasteiger partial charge in [0.25, 0.3) is 5.91 Å². The van der Waals surface area contributed by atoms with E-state index in [4.69, 9.17) is 4.74 Å². The molecule has 134 valence electrons. The summed E-state index contributed by atoms with van der Waals surface area (Å²) in [4.78, 5) is 12.1. The fourth-order valence-corrected chi connectivity index (χ4v) is 3.36. The molecular weight excluding hydrogens is 328 g/mol. The normalized spacial score (nSPS) is 14.4. The summed E-state index contributed by atoms with van der Waals surface area (Å²) < 4.78 is 31.6. The minimum absolute atomic E-state index is 0.0598. The minimum atomic E-state index is -3.35. The van der Waals surface area contributed by atoms with Crippen molar-refractivity contribution in [1.29, 1.82) is 0 Å². The number of carbonyl (C=O) groups is 1. The Labute approximate surface area is 144 Å². The average molecular weight is 354 g/mol. The number of rotatable bonds is 11. The number of hydrogen-bond acceptors (Lipinski definition) is 4. The Morgan fingerprint density at radius 1 is 1.33 bits per heavy atom. The molecule has 1 aliphatic carbocycles. The maximum atomic E-state index is 12.1. The van der Waals surface area contributed by atoms with Crippen molar-refractivity contribution in [3.05, 3.63) is 29.8 Å². The van der Waals surface area contributed by atoms with Crippen LogP contribution in [-0.2, 0) is 14.8 Å². The van der Waals surface area contributed by atoms with Crippen molar-refractivity contribution in [2.45, 2.75) is 32.6 Å². The van der Waals surface area contributed by atoms with Gasteiger partial charge in [-0.05, 0) is 49.8 Å². The van der Waals surface area contributed by atoms with Crippen molar-refractivity contribution >= 4 is 21.6 Å². The Morgan fingerprint density at radius 3 is 2.83 bits per heavy atom. The number of nitrogens with one attached hydrogen (secondary N) is 2. The number of anilines is 1. The first-order valence-electron chi connectivity index (χ1n) is 8.46. The van der Waals surface area contributed by atoms with Crippen LogP contribution in [0.5, 0.6) is 0 Å². The molecule has 0 radical (unpaired) electrons. The van der Waals surface area contributed by atoms with E-state index in [2.05, 4.69) is 10.0 Å². The summed E-state index contributed by atoms with van der Waals surface area (Å²) in [5.74, 6) is 0.595. The predicted molar refractivity (Wildman–Crippen MR) is 94.6 cm³/mol. The van der Waals surface area contributed by atoms with Gasteiger partial charge in [0, 0.05) is 31.0 Å². The molecule has 0 spiro atoms. The van der Waals surface area contributed by atoms with Crippen LogP contribution < -0.4 is 10.0 Å². The molecule has 1 saturated carbocycles. The Balaban J connectivity index is 1.75. The standard InChI is InChI=1S/C17H26N2O4S/c1-2-11-24(21,22)19-16-6-3-5-15(12-16)17(20)18-9-4-10-23-13-14-7-8-14/h3,5-6,12,14,19H,2,4,7-11,13H2,1H3,(H,18,20). The van der Waals surface area contributed by atoms with Crippen molar-refractivity contribution in [1.82, 2.24) is 5.32 Å². The van der Waals surface area contributed by atoms with Crippen molar-refractivity contribution < 1.29 is 17.9 Å². The maximum Gasteiger partial charge on any atom is 0.251 e. The second kappa shape index (κ2) is 9.03. The van der Waals surface area contributed by atoms with Crippen LogP contribution in [0.15, 0.2) is 24.3 Å². The van der Waals surface area contributed by atoms with Crippen LogP contribution in [0.1, 0.15) is 43.0 Å². The third-order valence-electron chi connectivity index (χ3n) is 3.67. The van der Waals surface area contributed by atoms with Gasteiger partial charge >= 0.3 is 0 Å². The Hall–Kier alpha value is -1.60. The summed E-state index contributed by atoms with van der Waals surface area (Å²) in [6.07, 6.45) is 3.85. The molecular formula is C17H26N2O4S. The Kier molecular flexibility index (Phi) is 7.05.